The summed E-state index contributed by atoms with van der Waals surface area (Å²) in [6.45, 7) is 1.17. The molecule has 0 saturated heterocycles. The lowest BCUT2D eigenvalue weighted by atomic mass is 10.4. The number of aromatic nitrogens is 4. The fourth-order valence-electron chi connectivity index (χ4n) is 1.40. The number of aliphatic carboxylic acids is 1. The van der Waals surface area contributed by atoms with Gasteiger partial charge in [0.05, 0.1) is 5.69 Å². The standard InChI is InChI=1S/C8H7ClN4O3.ClH/c1-4-6-7(16)12(2-5(14)15)3-10-13(6)8(9)11-4;/h3H,2H2,1H3,(H,14,15);1H. The van der Waals surface area contributed by atoms with Gasteiger partial charge in [-0.25, -0.2) is 4.98 Å². The molecule has 2 rings (SSSR count). The molecular weight excluding hydrogens is 271 g/mol. The molecule has 2 aromatic rings. The molecule has 2 aromatic heterocycles. The van der Waals surface area contributed by atoms with Crippen LogP contribution in [0.3, 0.4) is 0 Å². The van der Waals surface area contributed by atoms with Crippen LogP contribution in [0.15, 0.2) is 11.1 Å². The van der Waals surface area contributed by atoms with Crippen LogP contribution in [0.4, 0.5) is 0 Å². The summed E-state index contributed by atoms with van der Waals surface area (Å²) in [5.74, 6) is -1.11. The Bertz CT molecular complexity index is 633. The summed E-state index contributed by atoms with van der Waals surface area (Å²) in [7, 11) is 0. The topological polar surface area (TPSA) is 89.5 Å². The number of rotatable bonds is 2. The van der Waals surface area contributed by atoms with Gasteiger partial charge >= 0.3 is 5.97 Å². The highest BCUT2D eigenvalue weighted by atomic mass is 35.5. The molecule has 0 amide bonds. The van der Waals surface area contributed by atoms with Crippen molar-refractivity contribution in [2.75, 3.05) is 0 Å². The van der Waals surface area contributed by atoms with E-state index in [1.54, 1.807) is 6.92 Å². The average Bonchev–Trinajstić information content (AvgIpc) is 2.46. The van der Waals surface area contributed by atoms with Crippen molar-refractivity contribution in [3.05, 3.63) is 27.7 Å². The molecule has 0 aromatic carbocycles. The van der Waals surface area contributed by atoms with E-state index in [9.17, 15) is 9.59 Å². The molecule has 0 unspecified atom stereocenters. The lowest BCUT2D eigenvalue weighted by Gasteiger charge is -2.01. The van der Waals surface area contributed by atoms with Gasteiger partial charge in [0.15, 0.2) is 5.52 Å². The minimum atomic E-state index is -1.11. The molecule has 92 valence electrons. The zero-order valence-corrected chi connectivity index (χ0v) is 10.2. The summed E-state index contributed by atoms with van der Waals surface area (Å²) >= 11 is 5.73. The minimum Gasteiger partial charge on any atom is -0.480 e. The van der Waals surface area contributed by atoms with E-state index in [-0.39, 0.29) is 23.2 Å². The third-order valence-electron chi connectivity index (χ3n) is 2.06. The van der Waals surface area contributed by atoms with Crippen molar-refractivity contribution < 1.29 is 9.90 Å². The second kappa shape index (κ2) is 4.72. The Hall–Kier alpha value is -1.60. The van der Waals surface area contributed by atoms with E-state index in [2.05, 4.69) is 10.1 Å². The highest BCUT2D eigenvalue weighted by Crippen LogP contribution is 2.10. The van der Waals surface area contributed by atoms with Crippen molar-refractivity contribution in [1.29, 1.82) is 0 Å². The molecule has 0 bridgehead atoms. The Morgan fingerprint density at radius 2 is 2.24 bits per heavy atom. The number of imidazole rings is 1. The molecule has 1 N–H and O–H groups in total. The van der Waals surface area contributed by atoms with Crippen LogP contribution in [0.1, 0.15) is 5.69 Å². The van der Waals surface area contributed by atoms with E-state index in [0.717, 1.165) is 10.9 Å². The van der Waals surface area contributed by atoms with E-state index in [4.69, 9.17) is 16.7 Å². The molecular formula is C8H8Cl2N4O3. The monoisotopic (exact) mass is 278 g/mol. The third kappa shape index (κ3) is 2.25. The Morgan fingerprint density at radius 3 is 2.82 bits per heavy atom. The summed E-state index contributed by atoms with van der Waals surface area (Å²) in [5.41, 5.74) is 0.130. The fourth-order valence-corrected chi connectivity index (χ4v) is 1.65. The van der Waals surface area contributed by atoms with Crippen molar-refractivity contribution in [2.24, 2.45) is 0 Å². The summed E-state index contributed by atoms with van der Waals surface area (Å²) in [4.78, 5) is 26.2. The Labute approximate surface area is 106 Å². The maximum absolute atomic E-state index is 11.8. The number of carboxylic acid groups (broad SMARTS) is 1. The molecule has 0 aliphatic carbocycles. The van der Waals surface area contributed by atoms with Gasteiger partial charge in [0.2, 0.25) is 5.28 Å². The number of hydrogen-bond acceptors (Lipinski definition) is 4. The van der Waals surface area contributed by atoms with Crippen molar-refractivity contribution in [3.63, 3.8) is 0 Å². The highest BCUT2D eigenvalue weighted by Gasteiger charge is 2.13. The van der Waals surface area contributed by atoms with Crippen molar-refractivity contribution in [3.8, 4) is 0 Å². The second-order valence-electron chi connectivity index (χ2n) is 3.18. The molecule has 0 aliphatic heterocycles. The SMILES string of the molecule is Cc1nc(Cl)n2ncn(CC(=O)O)c(=O)c12.Cl. The highest BCUT2D eigenvalue weighted by molar-refractivity contribution is 6.28. The maximum atomic E-state index is 11.8. The van der Waals surface area contributed by atoms with Gasteiger partial charge in [-0.1, -0.05) is 0 Å². The van der Waals surface area contributed by atoms with Gasteiger partial charge in [-0.15, -0.1) is 12.4 Å². The van der Waals surface area contributed by atoms with Gasteiger partial charge in [0.1, 0.15) is 12.9 Å². The molecule has 7 nitrogen and oxygen atoms in total. The first-order valence-electron chi connectivity index (χ1n) is 4.33. The van der Waals surface area contributed by atoms with Crippen LogP contribution in [-0.4, -0.2) is 30.2 Å². The number of aryl methyl sites for hydroxylation is 1. The van der Waals surface area contributed by atoms with Crippen LogP contribution in [0.2, 0.25) is 5.28 Å². The number of carbonyl (C=O) groups is 1. The zero-order valence-electron chi connectivity index (χ0n) is 8.62. The van der Waals surface area contributed by atoms with E-state index in [1.165, 1.54) is 4.52 Å². The fraction of sp³-hybridized carbons (Fsp3) is 0.250. The van der Waals surface area contributed by atoms with E-state index < -0.39 is 18.1 Å². The number of hydrogen-bond donors (Lipinski definition) is 1. The smallest absolute Gasteiger partial charge is 0.323 e. The normalized spacial score (nSPS) is 10.2. The molecule has 17 heavy (non-hydrogen) atoms. The van der Waals surface area contributed by atoms with Crippen LogP contribution >= 0.6 is 24.0 Å². The quantitative estimate of drug-likeness (QED) is 0.857. The van der Waals surface area contributed by atoms with E-state index in [1.807, 2.05) is 0 Å². The van der Waals surface area contributed by atoms with Crippen LogP contribution in [0, 0.1) is 6.92 Å². The predicted octanol–water partition coefficient (Wildman–Crippen LogP) is 0.359. The van der Waals surface area contributed by atoms with Gasteiger partial charge in [-0.05, 0) is 18.5 Å². The first kappa shape index (κ1) is 13.5. The summed E-state index contributed by atoms with van der Waals surface area (Å²) in [5, 5.41) is 12.5. The Balaban J connectivity index is 0.00000144. The summed E-state index contributed by atoms with van der Waals surface area (Å²) in [6.07, 6.45) is 1.12. The van der Waals surface area contributed by atoms with Crippen LogP contribution < -0.4 is 5.56 Å². The molecule has 0 radical (unpaired) electrons. The third-order valence-corrected chi connectivity index (χ3v) is 2.31. The lowest BCUT2D eigenvalue weighted by molar-refractivity contribution is -0.137. The molecule has 9 heteroatoms. The predicted molar refractivity (Wildman–Crippen MR) is 61.9 cm³/mol. The first-order valence-corrected chi connectivity index (χ1v) is 4.70. The molecule has 0 aliphatic rings. The zero-order chi connectivity index (χ0) is 11.9. The molecule has 2 heterocycles. The van der Waals surface area contributed by atoms with Gasteiger partial charge in [0, 0.05) is 0 Å². The molecule has 0 saturated carbocycles. The van der Waals surface area contributed by atoms with E-state index in [0.29, 0.717) is 5.69 Å². The average molecular weight is 279 g/mol. The van der Waals surface area contributed by atoms with E-state index >= 15 is 0 Å². The number of fused-ring (bicyclic) bond motifs is 1. The van der Waals surface area contributed by atoms with Gasteiger partial charge in [-0.3, -0.25) is 14.2 Å². The molecule has 0 fully saturated rings. The Kier molecular flexibility index (Phi) is 3.74. The summed E-state index contributed by atoms with van der Waals surface area (Å²) < 4.78 is 2.17. The van der Waals surface area contributed by atoms with Crippen LogP contribution in [-0.2, 0) is 11.3 Å². The largest absolute Gasteiger partial charge is 0.480 e. The summed E-state index contributed by atoms with van der Waals surface area (Å²) in [6, 6.07) is 0. The van der Waals surface area contributed by atoms with Crippen LogP contribution in [0.25, 0.3) is 5.52 Å². The van der Waals surface area contributed by atoms with Crippen molar-refractivity contribution >= 4 is 35.5 Å². The minimum absolute atomic E-state index is 0. The second-order valence-corrected chi connectivity index (χ2v) is 3.52. The van der Waals surface area contributed by atoms with Gasteiger partial charge in [-0.2, -0.15) is 9.61 Å². The van der Waals surface area contributed by atoms with Crippen molar-refractivity contribution in [1.82, 2.24) is 19.2 Å². The number of carboxylic acids is 1. The van der Waals surface area contributed by atoms with Crippen molar-refractivity contribution in [2.45, 2.75) is 13.5 Å². The van der Waals surface area contributed by atoms with Gasteiger partial charge < -0.3 is 5.11 Å². The molecule has 0 atom stereocenters. The lowest BCUT2D eigenvalue weighted by Crippen LogP contribution is -2.26. The number of nitrogens with zero attached hydrogens (tertiary/aromatic N) is 4. The van der Waals surface area contributed by atoms with Crippen LogP contribution in [0.5, 0.6) is 0 Å². The maximum Gasteiger partial charge on any atom is 0.323 e. The molecule has 0 spiro atoms. The van der Waals surface area contributed by atoms with Gasteiger partial charge in [0.25, 0.3) is 5.56 Å². The number of halogens is 2. The Morgan fingerprint density at radius 1 is 1.59 bits per heavy atom. The first-order chi connectivity index (χ1) is 7.50.